The number of carbonyl (C=O) groups excluding carboxylic acids is 1. The van der Waals surface area contributed by atoms with Crippen molar-refractivity contribution in [2.45, 2.75) is 19.4 Å². The summed E-state index contributed by atoms with van der Waals surface area (Å²) < 4.78 is 0. The first-order chi connectivity index (χ1) is 13.6. The van der Waals surface area contributed by atoms with E-state index >= 15 is 0 Å². The Hall–Kier alpha value is -3.78. The summed E-state index contributed by atoms with van der Waals surface area (Å²) >= 11 is 0. The van der Waals surface area contributed by atoms with Crippen LogP contribution in [0.5, 0.6) is 5.75 Å². The van der Waals surface area contributed by atoms with E-state index in [-0.39, 0.29) is 17.4 Å². The molecule has 5 heteroatoms. The maximum absolute atomic E-state index is 12.8. The molecular formula is C23H19N3O2. The van der Waals surface area contributed by atoms with Gasteiger partial charge in [-0.1, -0.05) is 42.5 Å². The summed E-state index contributed by atoms with van der Waals surface area (Å²) in [6, 6.07) is 20.6. The Balaban J connectivity index is 1.65. The lowest BCUT2D eigenvalue weighted by Crippen LogP contribution is -2.25. The number of hydrogen-bond acceptors (Lipinski definition) is 4. The maximum Gasteiger partial charge on any atom is 0.267 e. The number of benzene rings is 3. The first-order valence-corrected chi connectivity index (χ1v) is 9.08. The molecule has 138 valence electrons. The van der Waals surface area contributed by atoms with Crippen molar-refractivity contribution in [3.05, 3.63) is 78.0 Å². The molecule has 0 aromatic heterocycles. The molecule has 0 bridgehead atoms. The minimum absolute atomic E-state index is 0.0284. The first kappa shape index (κ1) is 17.6. The van der Waals surface area contributed by atoms with E-state index in [2.05, 4.69) is 18.3 Å². The average Bonchev–Trinajstić information content (AvgIpc) is 3.01. The number of phenolic OH excluding ortho intramolecular Hbond substituents is 1. The molecule has 2 N–H and O–H groups in total. The lowest BCUT2D eigenvalue weighted by molar-refractivity contribution is -0.112. The molecule has 1 amide bonds. The Morgan fingerprint density at radius 1 is 1.14 bits per heavy atom. The SMILES string of the molecule is CC1Cc2ccccc2N1/C=C(/C#N)C(=O)Nc1cccc2c(O)cccc12. The van der Waals surface area contributed by atoms with Crippen LogP contribution >= 0.6 is 0 Å². The van der Waals surface area contributed by atoms with Crippen molar-refractivity contribution in [1.29, 1.82) is 5.26 Å². The highest BCUT2D eigenvalue weighted by atomic mass is 16.3. The topological polar surface area (TPSA) is 76.4 Å². The molecule has 5 nitrogen and oxygen atoms in total. The van der Waals surface area contributed by atoms with Gasteiger partial charge in [0.15, 0.2) is 0 Å². The van der Waals surface area contributed by atoms with Gasteiger partial charge in [-0.25, -0.2) is 0 Å². The molecule has 4 rings (SSSR count). The van der Waals surface area contributed by atoms with Gasteiger partial charge in [0.05, 0.1) is 0 Å². The summed E-state index contributed by atoms with van der Waals surface area (Å²) in [5, 5.41) is 23.8. The second kappa shape index (κ2) is 7.09. The van der Waals surface area contributed by atoms with E-state index in [0.717, 1.165) is 12.1 Å². The van der Waals surface area contributed by atoms with Gasteiger partial charge in [0.2, 0.25) is 0 Å². The first-order valence-electron chi connectivity index (χ1n) is 9.08. The fourth-order valence-electron chi connectivity index (χ4n) is 3.66. The average molecular weight is 369 g/mol. The number of anilines is 2. The third-order valence-corrected chi connectivity index (χ3v) is 5.04. The fraction of sp³-hybridized carbons (Fsp3) is 0.130. The smallest absolute Gasteiger partial charge is 0.267 e. The highest BCUT2D eigenvalue weighted by Gasteiger charge is 2.25. The molecule has 1 atom stereocenters. The van der Waals surface area contributed by atoms with Crippen LogP contribution in [0.4, 0.5) is 11.4 Å². The Kier molecular flexibility index (Phi) is 4.46. The minimum atomic E-state index is -0.477. The molecule has 28 heavy (non-hydrogen) atoms. The van der Waals surface area contributed by atoms with Crippen LogP contribution in [0.1, 0.15) is 12.5 Å². The Bertz CT molecular complexity index is 1140. The van der Waals surface area contributed by atoms with E-state index in [0.29, 0.717) is 16.5 Å². The maximum atomic E-state index is 12.8. The molecule has 1 aliphatic rings. The van der Waals surface area contributed by atoms with Gasteiger partial charge in [-0.05, 0) is 37.1 Å². The largest absolute Gasteiger partial charge is 0.507 e. The summed E-state index contributed by atoms with van der Waals surface area (Å²) in [4.78, 5) is 14.8. The molecule has 0 spiro atoms. The highest BCUT2D eigenvalue weighted by molar-refractivity contribution is 6.11. The zero-order valence-corrected chi connectivity index (χ0v) is 15.4. The number of nitrogens with zero attached hydrogens (tertiary/aromatic N) is 2. The number of fused-ring (bicyclic) bond motifs is 2. The lowest BCUT2D eigenvalue weighted by Gasteiger charge is -2.20. The molecule has 1 unspecified atom stereocenters. The second-order valence-corrected chi connectivity index (χ2v) is 6.88. The zero-order chi connectivity index (χ0) is 19.7. The molecule has 1 heterocycles. The van der Waals surface area contributed by atoms with E-state index in [1.54, 1.807) is 36.5 Å². The Labute approximate surface area is 163 Å². The molecule has 3 aromatic carbocycles. The normalized spacial score (nSPS) is 15.9. The van der Waals surface area contributed by atoms with Crippen LogP contribution in [0, 0.1) is 11.3 Å². The van der Waals surface area contributed by atoms with E-state index in [9.17, 15) is 15.2 Å². The van der Waals surface area contributed by atoms with Gasteiger partial charge in [-0.2, -0.15) is 5.26 Å². The monoisotopic (exact) mass is 369 g/mol. The number of nitriles is 1. The van der Waals surface area contributed by atoms with Gasteiger partial charge in [-0.3, -0.25) is 4.79 Å². The van der Waals surface area contributed by atoms with Crippen LogP contribution in [0.15, 0.2) is 72.4 Å². The minimum Gasteiger partial charge on any atom is -0.507 e. The van der Waals surface area contributed by atoms with Crippen LogP contribution in [-0.2, 0) is 11.2 Å². The van der Waals surface area contributed by atoms with Gasteiger partial charge in [0.1, 0.15) is 17.4 Å². The third kappa shape index (κ3) is 3.06. The van der Waals surface area contributed by atoms with Crippen molar-refractivity contribution in [1.82, 2.24) is 0 Å². The van der Waals surface area contributed by atoms with E-state index in [4.69, 9.17) is 0 Å². The van der Waals surface area contributed by atoms with E-state index < -0.39 is 5.91 Å². The Morgan fingerprint density at radius 2 is 1.89 bits per heavy atom. The van der Waals surface area contributed by atoms with E-state index in [1.807, 2.05) is 35.2 Å². The van der Waals surface area contributed by atoms with Crippen LogP contribution in [0.3, 0.4) is 0 Å². The number of nitrogens with one attached hydrogen (secondary N) is 1. The van der Waals surface area contributed by atoms with E-state index in [1.165, 1.54) is 5.56 Å². The number of carbonyl (C=O) groups is 1. The highest BCUT2D eigenvalue weighted by Crippen LogP contribution is 2.33. The number of aromatic hydroxyl groups is 1. The number of phenols is 1. The van der Waals surface area contributed by atoms with Gasteiger partial charge >= 0.3 is 0 Å². The van der Waals surface area contributed by atoms with Gasteiger partial charge in [0.25, 0.3) is 5.91 Å². The van der Waals surface area contributed by atoms with Crippen molar-refractivity contribution in [2.24, 2.45) is 0 Å². The van der Waals surface area contributed by atoms with Gasteiger partial charge in [-0.15, -0.1) is 0 Å². The van der Waals surface area contributed by atoms with Crippen LogP contribution in [-0.4, -0.2) is 17.1 Å². The fourth-order valence-corrected chi connectivity index (χ4v) is 3.66. The summed E-state index contributed by atoms with van der Waals surface area (Å²) in [7, 11) is 0. The summed E-state index contributed by atoms with van der Waals surface area (Å²) in [5.74, 6) is -0.331. The molecule has 1 aliphatic heterocycles. The number of rotatable bonds is 3. The lowest BCUT2D eigenvalue weighted by atomic mass is 10.1. The van der Waals surface area contributed by atoms with Crippen LogP contribution < -0.4 is 10.2 Å². The van der Waals surface area contributed by atoms with Crippen molar-refractivity contribution < 1.29 is 9.90 Å². The van der Waals surface area contributed by atoms with Crippen molar-refractivity contribution in [3.8, 4) is 11.8 Å². The summed E-state index contributed by atoms with van der Waals surface area (Å²) in [5.41, 5.74) is 2.80. The summed E-state index contributed by atoms with van der Waals surface area (Å²) in [6.07, 6.45) is 2.49. The number of hydrogen-bond donors (Lipinski definition) is 2. The molecule has 0 saturated heterocycles. The van der Waals surface area contributed by atoms with Gasteiger partial charge < -0.3 is 15.3 Å². The number of para-hydroxylation sites is 1. The quantitative estimate of drug-likeness (QED) is 0.532. The predicted octanol–water partition coefficient (Wildman–Crippen LogP) is 4.34. The second-order valence-electron chi connectivity index (χ2n) is 6.88. The summed E-state index contributed by atoms with van der Waals surface area (Å²) in [6.45, 7) is 2.07. The van der Waals surface area contributed by atoms with Crippen molar-refractivity contribution >= 4 is 28.1 Å². The molecule has 0 radical (unpaired) electrons. The molecule has 0 aliphatic carbocycles. The molecule has 0 fully saturated rings. The predicted molar refractivity (Wildman–Crippen MR) is 110 cm³/mol. The van der Waals surface area contributed by atoms with Crippen LogP contribution in [0.25, 0.3) is 10.8 Å². The molecule has 3 aromatic rings. The zero-order valence-electron chi connectivity index (χ0n) is 15.4. The molecule has 0 saturated carbocycles. The number of amides is 1. The third-order valence-electron chi connectivity index (χ3n) is 5.04. The van der Waals surface area contributed by atoms with Crippen molar-refractivity contribution in [3.63, 3.8) is 0 Å². The standard InChI is InChI=1S/C23H19N3O2/c1-15-12-16-6-2-3-10-21(16)26(15)14-17(13-24)23(28)25-20-9-4-8-19-18(20)7-5-11-22(19)27/h2-11,14-15,27H,12H2,1H3,(H,25,28)/b17-14-. The van der Waals surface area contributed by atoms with Crippen LogP contribution in [0.2, 0.25) is 0 Å². The van der Waals surface area contributed by atoms with Gasteiger partial charge in [0, 0.05) is 34.4 Å². The molecular weight excluding hydrogens is 350 g/mol. The Morgan fingerprint density at radius 3 is 2.71 bits per heavy atom. The van der Waals surface area contributed by atoms with Crippen molar-refractivity contribution in [2.75, 3.05) is 10.2 Å².